The first kappa shape index (κ1) is 12.8. The van der Waals surface area contributed by atoms with Crippen LogP contribution in [0, 0.1) is 0 Å². The summed E-state index contributed by atoms with van der Waals surface area (Å²) in [5.74, 6) is 1.17. The molecular weight excluding hydrogens is 274 g/mol. The van der Waals surface area contributed by atoms with Crippen molar-refractivity contribution >= 4 is 28.6 Å². The number of benzene rings is 2. The highest BCUT2D eigenvalue weighted by Crippen LogP contribution is 2.30. The fourth-order valence-corrected chi connectivity index (χ4v) is 2.35. The van der Waals surface area contributed by atoms with Gasteiger partial charge in [0.2, 0.25) is 5.95 Å². The van der Waals surface area contributed by atoms with Crippen molar-refractivity contribution in [3.8, 4) is 11.4 Å². The molecule has 0 bridgehead atoms. The molecule has 0 aliphatic heterocycles. The van der Waals surface area contributed by atoms with Gasteiger partial charge in [-0.3, -0.25) is 4.57 Å². The maximum absolute atomic E-state index is 6.05. The van der Waals surface area contributed by atoms with E-state index < -0.39 is 0 Å². The fourth-order valence-electron chi connectivity index (χ4n) is 2.23. The lowest BCUT2D eigenvalue weighted by Gasteiger charge is -2.07. The van der Waals surface area contributed by atoms with Crippen molar-refractivity contribution in [3.05, 3.63) is 47.5 Å². The number of rotatable bonds is 3. The van der Waals surface area contributed by atoms with Crippen LogP contribution in [0.15, 0.2) is 42.5 Å². The zero-order valence-electron chi connectivity index (χ0n) is 11.0. The van der Waals surface area contributed by atoms with Crippen LogP contribution in [0.3, 0.4) is 0 Å². The van der Waals surface area contributed by atoms with E-state index in [1.807, 2.05) is 54.0 Å². The predicted octanol–water partition coefficient (Wildman–Crippen LogP) is 3.66. The molecule has 1 heterocycles. The van der Waals surface area contributed by atoms with Gasteiger partial charge in [-0.25, -0.2) is 4.98 Å². The Morgan fingerprint density at radius 3 is 2.65 bits per heavy atom. The zero-order chi connectivity index (χ0) is 14.1. The van der Waals surface area contributed by atoms with Crippen LogP contribution in [0.2, 0.25) is 5.02 Å². The summed E-state index contributed by atoms with van der Waals surface area (Å²) in [4.78, 5) is 4.41. The minimum absolute atomic E-state index is 0.425. The van der Waals surface area contributed by atoms with Gasteiger partial charge in [0.25, 0.3) is 0 Å². The molecule has 5 heteroatoms. The second-order valence-electron chi connectivity index (χ2n) is 4.34. The molecule has 0 saturated heterocycles. The highest BCUT2D eigenvalue weighted by Gasteiger charge is 2.13. The Bertz CT molecular complexity index is 750. The maximum Gasteiger partial charge on any atom is 0.206 e. The SMILES string of the molecule is CCOc1cccc2c1nc(N)n2-c1ccc(Cl)cc1. The van der Waals surface area contributed by atoms with E-state index in [4.69, 9.17) is 22.1 Å². The van der Waals surface area contributed by atoms with Crippen molar-refractivity contribution in [2.24, 2.45) is 0 Å². The molecule has 4 nitrogen and oxygen atoms in total. The van der Waals surface area contributed by atoms with Crippen LogP contribution in [-0.2, 0) is 0 Å². The number of ether oxygens (including phenoxy) is 1. The zero-order valence-corrected chi connectivity index (χ0v) is 11.8. The fraction of sp³-hybridized carbons (Fsp3) is 0.133. The van der Waals surface area contributed by atoms with Gasteiger partial charge in [0.1, 0.15) is 11.3 Å². The van der Waals surface area contributed by atoms with Crippen molar-refractivity contribution in [2.45, 2.75) is 6.92 Å². The molecular formula is C15H14ClN3O. The van der Waals surface area contributed by atoms with Gasteiger partial charge in [-0.1, -0.05) is 17.7 Å². The smallest absolute Gasteiger partial charge is 0.206 e. The molecule has 102 valence electrons. The number of nitrogens with two attached hydrogens (primary N) is 1. The molecule has 3 aromatic rings. The molecule has 2 aromatic carbocycles. The van der Waals surface area contributed by atoms with Crippen LogP contribution in [-0.4, -0.2) is 16.2 Å². The van der Waals surface area contributed by atoms with Gasteiger partial charge < -0.3 is 10.5 Å². The summed E-state index contributed by atoms with van der Waals surface area (Å²) in [6, 6.07) is 13.3. The number of hydrogen-bond donors (Lipinski definition) is 1. The summed E-state index contributed by atoms with van der Waals surface area (Å²) >= 11 is 5.92. The molecule has 2 N–H and O–H groups in total. The second kappa shape index (κ2) is 5.06. The Hall–Kier alpha value is -2.20. The van der Waals surface area contributed by atoms with Crippen molar-refractivity contribution < 1.29 is 4.74 Å². The van der Waals surface area contributed by atoms with E-state index in [1.54, 1.807) is 0 Å². The van der Waals surface area contributed by atoms with Gasteiger partial charge in [-0.2, -0.15) is 0 Å². The number of hydrogen-bond acceptors (Lipinski definition) is 3. The third kappa shape index (κ3) is 2.08. The Kier molecular flexibility index (Phi) is 3.24. The van der Waals surface area contributed by atoms with Crippen molar-refractivity contribution in [3.63, 3.8) is 0 Å². The number of anilines is 1. The Labute approximate surface area is 121 Å². The topological polar surface area (TPSA) is 53.1 Å². The average molecular weight is 288 g/mol. The van der Waals surface area contributed by atoms with Gasteiger partial charge in [0.15, 0.2) is 0 Å². The normalized spacial score (nSPS) is 10.9. The Balaban J connectivity index is 2.23. The van der Waals surface area contributed by atoms with Crippen LogP contribution in [0.5, 0.6) is 5.75 Å². The lowest BCUT2D eigenvalue weighted by molar-refractivity contribution is 0.344. The lowest BCUT2D eigenvalue weighted by Crippen LogP contribution is -2.00. The van der Waals surface area contributed by atoms with Gasteiger partial charge in [-0.05, 0) is 43.3 Å². The number of fused-ring (bicyclic) bond motifs is 1. The third-order valence-electron chi connectivity index (χ3n) is 3.06. The van der Waals surface area contributed by atoms with E-state index in [9.17, 15) is 0 Å². The summed E-state index contributed by atoms with van der Waals surface area (Å²) in [7, 11) is 0. The van der Waals surface area contributed by atoms with Crippen molar-refractivity contribution in [1.29, 1.82) is 0 Å². The number of halogens is 1. The van der Waals surface area contributed by atoms with Crippen molar-refractivity contribution in [2.75, 3.05) is 12.3 Å². The molecule has 0 saturated carbocycles. The van der Waals surface area contributed by atoms with Crippen LogP contribution >= 0.6 is 11.6 Å². The van der Waals surface area contributed by atoms with Crippen LogP contribution in [0.25, 0.3) is 16.7 Å². The first-order chi connectivity index (χ1) is 9.70. The van der Waals surface area contributed by atoms with E-state index in [-0.39, 0.29) is 0 Å². The molecule has 3 rings (SSSR count). The van der Waals surface area contributed by atoms with Crippen molar-refractivity contribution in [1.82, 2.24) is 9.55 Å². The first-order valence-electron chi connectivity index (χ1n) is 6.36. The molecule has 0 aliphatic carbocycles. The number of imidazole rings is 1. The number of nitrogen functional groups attached to an aromatic ring is 1. The van der Waals surface area contributed by atoms with E-state index in [0.29, 0.717) is 17.6 Å². The maximum atomic E-state index is 6.05. The van der Waals surface area contributed by atoms with Crippen LogP contribution in [0.1, 0.15) is 6.92 Å². The molecule has 1 aromatic heterocycles. The number of aromatic nitrogens is 2. The minimum atomic E-state index is 0.425. The molecule has 0 fully saturated rings. The van der Waals surface area contributed by atoms with E-state index in [0.717, 1.165) is 22.5 Å². The van der Waals surface area contributed by atoms with Gasteiger partial charge in [-0.15, -0.1) is 0 Å². The summed E-state index contributed by atoms with van der Waals surface area (Å²) in [6.45, 7) is 2.53. The molecule has 0 atom stereocenters. The highest BCUT2D eigenvalue weighted by atomic mass is 35.5. The standard InChI is InChI=1S/C15H14ClN3O/c1-2-20-13-5-3-4-12-14(13)18-15(17)19(12)11-8-6-10(16)7-9-11/h3-9H,2H2,1H3,(H2,17,18). The van der Waals surface area contributed by atoms with Crippen LogP contribution < -0.4 is 10.5 Å². The number of nitrogens with zero attached hydrogens (tertiary/aromatic N) is 2. The predicted molar refractivity (Wildman–Crippen MR) is 81.7 cm³/mol. The van der Waals surface area contributed by atoms with Gasteiger partial charge >= 0.3 is 0 Å². The number of para-hydroxylation sites is 1. The van der Waals surface area contributed by atoms with E-state index >= 15 is 0 Å². The summed E-state index contributed by atoms with van der Waals surface area (Å²) in [5.41, 5.74) is 8.65. The quantitative estimate of drug-likeness (QED) is 0.800. The highest BCUT2D eigenvalue weighted by molar-refractivity contribution is 6.30. The Morgan fingerprint density at radius 1 is 1.20 bits per heavy atom. The second-order valence-corrected chi connectivity index (χ2v) is 4.78. The van der Waals surface area contributed by atoms with Gasteiger partial charge in [0.05, 0.1) is 12.1 Å². The molecule has 0 unspecified atom stereocenters. The minimum Gasteiger partial charge on any atom is -0.492 e. The molecule has 0 spiro atoms. The summed E-state index contributed by atoms with van der Waals surface area (Å²) in [6.07, 6.45) is 0. The largest absolute Gasteiger partial charge is 0.492 e. The summed E-state index contributed by atoms with van der Waals surface area (Å²) in [5, 5.41) is 0.687. The van der Waals surface area contributed by atoms with Crippen LogP contribution in [0.4, 0.5) is 5.95 Å². The Morgan fingerprint density at radius 2 is 1.95 bits per heavy atom. The lowest BCUT2D eigenvalue weighted by atomic mass is 10.2. The summed E-state index contributed by atoms with van der Waals surface area (Å²) < 4.78 is 7.47. The van der Waals surface area contributed by atoms with E-state index in [2.05, 4.69) is 4.98 Å². The first-order valence-corrected chi connectivity index (χ1v) is 6.74. The molecule has 0 aliphatic rings. The van der Waals surface area contributed by atoms with Gasteiger partial charge in [0, 0.05) is 10.7 Å². The molecule has 20 heavy (non-hydrogen) atoms. The van der Waals surface area contributed by atoms with E-state index in [1.165, 1.54) is 0 Å². The third-order valence-corrected chi connectivity index (χ3v) is 3.31. The average Bonchev–Trinajstić information content (AvgIpc) is 2.78. The molecule has 0 radical (unpaired) electrons. The molecule has 0 amide bonds. The monoisotopic (exact) mass is 287 g/mol.